The topological polar surface area (TPSA) is 71.7 Å². The number of hydrogen-bond acceptors (Lipinski definition) is 4. The molecule has 2 N–H and O–H groups in total. The van der Waals surface area contributed by atoms with E-state index in [9.17, 15) is 4.39 Å². The van der Waals surface area contributed by atoms with Crippen LogP contribution in [0.3, 0.4) is 0 Å². The van der Waals surface area contributed by atoms with Crippen molar-refractivity contribution in [2.24, 2.45) is 4.99 Å². The molecule has 0 atom stereocenters. The van der Waals surface area contributed by atoms with Crippen molar-refractivity contribution in [1.82, 2.24) is 10.3 Å². The van der Waals surface area contributed by atoms with E-state index in [4.69, 9.17) is 9.15 Å². The fraction of sp³-hybridized carbons (Fsp3) is 0.333. The van der Waals surface area contributed by atoms with Crippen LogP contribution in [0, 0.1) is 19.7 Å². The molecule has 0 aliphatic carbocycles. The van der Waals surface area contributed by atoms with Gasteiger partial charge in [0, 0.05) is 12.2 Å². The SMILES string of the molecule is Cc1nc(CN=C(NCCc2ccccc2F)Nc2ccc(OC(C)C)cc2)oc1C.I. The lowest BCUT2D eigenvalue weighted by molar-refractivity contribution is 0.242. The number of aliphatic imine (C=N–C) groups is 1. The van der Waals surface area contributed by atoms with Crippen LogP contribution in [0.25, 0.3) is 0 Å². The van der Waals surface area contributed by atoms with Crippen LogP contribution in [0.15, 0.2) is 57.9 Å². The zero-order valence-electron chi connectivity index (χ0n) is 18.8. The first-order chi connectivity index (χ1) is 14.9. The minimum Gasteiger partial charge on any atom is -0.491 e. The lowest BCUT2D eigenvalue weighted by Gasteiger charge is -2.14. The molecule has 0 bridgehead atoms. The molecule has 3 aromatic rings. The summed E-state index contributed by atoms with van der Waals surface area (Å²) in [7, 11) is 0. The number of anilines is 1. The van der Waals surface area contributed by atoms with E-state index in [1.807, 2.05) is 58.0 Å². The average Bonchev–Trinajstić information content (AvgIpc) is 3.06. The first kappa shape index (κ1) is 25.6. The van der Waals surface area contributed by atoms with Gasteiger partial charge in [-0.05, 0) is 70.0 Å². The highest BCUT2D eigenvalue weighted by molar-refractivity contribution is 14.0. The van der Waals surface area contributed by atoms with Crippen molar-refractivity contribution in [1.29, 1.82) is 0 Å². The lowest BCUT2D eigenvalue weighted by atomic mass is 10.1. The van der Waals surface area contributed by atoms with Crippen molar-refractivity contribution in [2.45, 2.75) is 46.8 Å². The Morgan fingerprint density at radius 1 is 1.12 bits per heavy atom. The molecule has 0 saturated heterocycles. The van der Waals surface area contributed by atoms with Crippen molar-refractivity contribution in [3.05, 3.63) is 77.3 Å². The van der Waals surface area contributed by atoms with Crippen LogP contribution in [-0.2, 0) is 13.0 Å². The smallest absolute Gasteiger partial charge is 0.216 e. The van der Waals surface area contributed by atoms with Crippen LogP contribution in [-0.4, -0.2) is 23.6 Å². The lowest BCUT2D eigenvalue weighted by Crippen LogP contribution is -2.32. The second kappa shape index (κ2) is 12.4. The van der Waals surface area contributed by atoms with Crippen LogP contribution in [0.4, 0.5) is 10.1 Å². The van der Waals surface area contributed by atoms with Gasteiger partial charge >= 0.3 is 0 Å². The van der Waals surface area contributed by atoms with Gasteiger partial charge in [-0.3, -0.25) is 0 Å². The van der Waals surface area contributed by atoms with E-state index < -0.39 is 0 Å². The predicted octanol–water partition coefficient (Wildman–Crippen LogP) is 5.64. The van der Waals surface area contributed by atoms with E-state index in [2.05, 4.69) is 20.6 Å². The van der Waals surface area contributed by atoms with Crippen LogP contribution in [0.2, 0.25) is 0 Å². The summed E-state index contributed by atoms with van der Waals surface area (Å²) in [4.78, 5) is 8.95. The number of nitrogens with zero attached hydrogens (tertiary/aromatic N) is 2. The molecule has 1 aromatic heterocycles. The molecule has 1 heterocycles. The van der Waals surface area contributed by atoms with E-state index in [0.29, 0.717) is 30.4 Å². The van der Waals surface area contributed by atoms with Crippen LogP contribution >= 0.6 is 24.0 Å². The molecular weight excluding hydrogens is 522 g/mol. The van der Waals surface area contributed by atoms with Crippen molar-refractivity contribution in [3.8, 4) is 5.75 Å². The molecule has 172 valence electrons. The van der Waals surface area contributed by atoms with Gasteiger partial charge in [0.25, 0.3) is 0 Å². The summed E-state index contributed by atoms with van der Waals surface area (Å²) in [5, 5.41) is 6.53. The van der Waals surface area contributed by atoms with Crippen LogP contribution < -0.4 is 15.4 Å². The molecule has 0 spiro atoms. The monoisotopic (exact) mass is 552 g/mol. The Morgan fingerprint density at radius 2 is 1.84 bits per heavy atom. The van der Waals surface area contributed by atoms with Gasteiger partial charge in [-0.25, -0.2) is 14.4 Å². The summed E-state index contributed by atoms with van der Waals surface area (Å²) in [6.45, 7) is 8.56. The second-order valence-electron chi connectivity index (χ2n) is 7.50. The number of rotatable bonds is 8. The minimum absolute atomic E-state index is 0. The maximum absolute atomic E-state index is 13.9. The molecule has 0 saturated carbocycles. The Hall–Kier alpha value is -2.62. The molecule has 6 nitrogen and oxygen atoms in total. The maximum atomic E-state index is 13.9. The Bertz CT molecular complexity index is 1000. The van der Waals surface area contributed by atoms with E-state index in [1.54, 1.807) is 12.1 Å². The number of oxazole rings is 1. The Balaban J connectivity index is 0.00000363. The fourth-order valence-electron chi connectivity index (χ4n) is 2.94. The first-order valence-corrected chi connectivity index (χ1v) is 10.4. The van der Waals surface area contributed by atoms with Crippen LogP contribution in [0.5, 0.6) is 5.75 Å². The normalized spacial score (nSPS) is 11.2. The Labute approximate surface area is 205 Å². The zero-order valence-corrected chi connectivity index (χ0v) is 21.1. The van der Waals surface area contributed by atoms with Gasteiger partial charge in [-0.15, -0.1) is 24.0 Å². The molecular formula is C24H30FIN4O2. The zero-order chi connectivity index (χ0) is 22.2. The van der Waals surface area contributed by atoms with Crippen LogP contribution in [0.1, 0.15) is 36.8 Å². The van der Waals surface area contributed by atoms with E-state index in [1.165, 1.54) is 6.07 Å². The third-order valence-electron chi connectivity index (χ3n) is 4.58. The van der Waals surface area contributed by atoms with Crippen molar-refractivity contribution >= 4 is 35.6 Å². The number of guanidine groups is 1. The molecule has 0 aliphatic heterocycles. The first-order valence-electron chi connectivity index (χ1n) is 10.4. The highest BCUT2D eigenvalue weighted by Gasteiger charge is 2.07. The van der Waals surface area contributed by atoms with Crippen molar-refractivity contribution < 1.29 is 13.5 Å². The summed E-state index contributed by atoms with van der Waals surface area (Å²) in [5.74, 6) is 2.49. The summed E-state index contributed by atoms with van der Waals surface area (Å²) >= 11 is 0. The third-order valence-corrected chi connectivity index (χ3v) is 4.58. The molecule has 0 unspecified atom stereocenters. The van der Waals surface area contributed by atoms with Gasteiger partial charge < -0.3 is 19.8 Å². The molecule has 3 rings (SSSR count). The molecule has 2 aromatic carbocycles. The molecule has 32 heavy (non-hydrogen) atoms. The number of nitrogens with one attached hydrogen (secondary N) is 2. The number of ether oxygens (including phenoxy) is 1. The highest BCUT2D eigenvalue weighted by Crippen LogP contribution is 2.17. The van der Waals surface area contributed by atoms with Gasteiger partial charge in [0.2, 0.25) is 5.89 Å². The number of aromatic nitrogens is 1. The van der Waals surface area contributed by atoms with E-state index >= 15 is 0 Å². The van der Waals surface area contributed by atoms with Crippen molar-refractivity contribution in [3.63, 3.8) is 0 Å². The highest BCUT2D eigenvalue weighted by atomic mass is 127. The summed E-state index contributed by atoms with van der Waals surface area (Å²) in [5.41, 5.74) is 2.37. The summed E-state index contributed by atoms with van der Waals surface area (Å²) in [6, 6.07) is 14.4. The molecule has 0 aliphatic rings. The summed E-state index contributed by atoms with van der Waals surface area (Å²) < 4.78 is 25.2. The van der Waals surface area contributed by atoms with Gasteiger partial charge in [-0.1, -0.05) is 18.2 Å². The predicted molar refractivity (Wildman–Crippen MR) is 136 cm³/mol. The fourth-order valence-corrected chi connectivity index (χ4v) is 2.94. The molecule has 0 amide bonds. The molecule has 0 radical (unpaired) electrons. The quantitative estimate of drug-likeness (QED) is 0.215. The third kappa shape index (κ3) is 7.81. The number of hydrogen-bond donors (Lipinski definition) is 2. The van der Waals surface area contributed by atoms with Gasteiger partial charge in [-0.2, -0.15) is 0 Å². The standard InChI is InChI=1S/C24H29FN4O2.HI/c1-16(2)30-21-11-9-20(10-12-21)29-24(27-15-23-28-17(3)18(4)31-23)26-14-13-19-7-5-6-8-22(19)25;/h5-12,16H,13-15H2,1-4H3,(H2,26,27,29);1H. The Kier molecular flexibility index (Phi) is 9.96. The molecule has 0 fully saturated rings. The average molecular weight is 552 g/mol. The number of halogens is 2. The molecule has 8 heteroatoms. The van der Waals surface area contributed by atoms with Gasteiger partial charge in [0.15, 0.2) is 5.96 Å². The Morgan fingerprint density at radius 3 is 2.47 bits per heavy atom. The number of benzene rings is 2. The number of aryl methyl sites for hydroxylation is 2. The maximum Gasteiger partial charge on any atom is 0.216 e. The summed E-state index contributed by atoms with van der Waals surface area (Å²) in [6.07, 6.45) is 0.648. The van der Waals surface area contributed by atoms with E-state index in [-0.39, 0.29) is 42.4 Å². The largest absolute Gasteiger partial charge is 0.491 e. The minimum atomic E-state index is -0.206. The second-order valence-corrected chi connectivity index (χ2v) is 7.50. The van der Waals surface area contributed by atoms with E-state index in [0.717, 1.165) is 22.9 Å². The van der Waals surface area contributed by atoms with Crippen molar-refractivity contribution in [2.75, 3.05) is 11.9 Å². The van der Waals surface area contributed by atoms with Gasteiger partial charge in [0.05, 0.1) is 11.8 Å². The van der Waals surface area contributed by atoms with Gasteiger partial charge in [0.1, 0.15) is 23.9 Å².